The smallest absolute Gasteiger partial charge is 0.381 e. The number of rotatable bonds is 7. The number of methoxy groups -OCH3 is 1. The molecule has 0 aromatic carbocycles. The first-order valence-electron chi connectivity index (χ1n) is 7.91. The SMILES string of the molecule is COc1c(NC(C)C)cc(C(=O)Nc2nnc(/N=C(C)/C=C\N)s2)oc1=O. The summed E-state index contributed by atoms with van der Waals surface area (Å²) >= 11 is 1.06. The number of hydrogen-bond donors (Lipinski definition) is 3. The van der Waals surface area contributed by atoms with E-state index in [9.17, 15) is 9.59 Å². The third-order valence-electron chi connectivity index (χ3n) is 3.02. The highest BCUT2D eigenvalue weighted by atomic mass is 32.1. The Morgan fingerprint density at radius 3 is 2.81 bits per heavy atom. The first-order valence-corrected chi connectivity index (χ1v) is 8.72. The normalized spacial score (nSPS) is 11.8. The van der Waals surface area contributed by atoms with E-state index in [-0.39, 0.29) is 22.7 Å². The maximum atomic E-state index is 12.4. The van der Waals surface area contributed by atoms with Gasteiger partial charge in [0.2, 0.25) is 16.0 Å². The molecule has 144 valence electrons. The Balaban J connectivity index is 2.23. The lowest BCUT2D eigenvalue weighted by atomic mass is 10.2. The zero-order valence-corrected chi connectivity index (χ0v) is 16.1. The Morgan fingerprint density at radius 2 is 2.19 bits per heavy atom. The summed E-state index contributed by atoms with van der Waals surface area (Å²) < 4.78 is 10.1. The molecule has 0 saturated heterocycles. The van der Waals surface area contributed by atoms with Gasteiger partial charge in [0.15, 0.2) is 5.76 Å². The summed E-state index contributed by atoms with van der Waals surface area (Å²) in [6.45, 7) is 5.52. The van der Waals surface area contributed by atoms with Gasteiger partial charge in [-0.05, 0) is 33.0 Å². The molecule has 0 atom stereocenters. The molecule has 27 heavy (non-hydrogen) atoms. The molecule has 0 radical (unpaired) electrons. The third kappa shape index (κ3) is 5.38. The monoisotopic (exact) mass is 392 g/mol. The van der Waals surface area contributed by atoms with Crippen LogP contribution < -0.4 is 26.7 Å². The van der Waals surface area contributed by atoms with Crippen molar-refractivity contribution in [2.45, 2.75) is 26.8 Å². The Hall–Kier alpha value is -3.21. The highest BCUT2D eigenvalue weighted by Crippen LogP contribution is 2.25. The predicted octanol–water partition coefficient (Wildman–Crippen LogP) is 2.14. The maximum absolute atomic E-state index is 12.4. The minimum atomic E-state index is -0.764. The quantitative estimate of drug-likeness (QED) is 0.608. The molecule has 4 N–H and O–H groups in total. The minimum Gasteiger partial charge on any atom is -0.488 e. The van der Waals surface area contributed by atoms with Crippen molar-refractivity contribution in [3.05, 3.63) is 34.5 Å². The van der Waals surface area contributed by atoms with Gasteiger partial charge >= 0.3 is 5.63 Å². The molecule has 0 saturated carbocycles. The number of nitrogens with two attached hydrogens (primary N) is 1. The molecule has 0 aliphatic heterocycles. The van der Waals surface area contributed by atoms with E-state index in [1.807, 2.05) is 13.8 Å². The molecule has 0 fully saturated rings. The molecule has 0 aliphatic rings. The number of aliphatic imine (C=N–C) groups is 1. The van der Waals surface area contributed by atoms with Crippen LogP contribution in [0.3, 0.4) is 0 Å². The van der Waals surface area contributed by atoms with Crippen LogP contribution >= 0.6 is 11.3 Å². The summed E-state index contributed by atoms with van der Waals surface area (Å²) in [7, 11) is 1.35. The van der Waals surface area contributed by atoms with Crippen molar-refractivity contribution in [1.29, 1.82) is 0 Å². The molecule has 2 aromatic heterocycles. The number of allylic oxidation sites excluding steroid dienone is 1. The second kappa shape index (κ2) is 8.94. The summed E-state index contributed by atoms with van der Waals surface area (Å²) in [6.07, 6.45) is 2.96. The maximum Gasteiger partial charge on any atom is 0.381 e. The van der Waals surface area contributed by atoms with Crippen molar-refractivity contribution in [3.63, 3.8) is 0 Å². The van der Waals surface area contributed by atoms with Crippen LogP contribution in [0.25, 0.3) is 0 Å². The number of anilines is 2. The molecular weight excluding hydrogens is 372 g/mol. The molecule has 11 heteroatoms. The average Bonchev–Trinajstić information content (AvgIpc) is 3.01. The first kappa shape index (κ1) is 20.1. The number of carbonyl (C=O) groups is 1. The lowest BCUT2D eigenvalue weighted by Gasteiger charge is -2.13. The van der Waals surface area contributed by atoms with Crippen LogP contribution in [0.2, 0.25) is 0 Å². The second-order valence-corrected chi connectivity index (χ2v) is 6.56. The molecule has 0 unspecified atom stereocenters. The lowest BCUT2D eigenvalue weighted by Crippen LogP contribution is -2.19. The van der Waals surface area contributed by atoms with E-state index in [1.54, 1.807) is 13.0 Å². The highest BCUT2D eigenvalue weighted by molar-refractivity contribution is 7.18. The molecule has 1 amide bonds. The Bertz CT molecular complexity index is 931. The van der Waals surface area contributed by atoms with Gasteiger partial charge in [-0.2, -0.15) is 0 Å². The standard InChI is InChI=1S/C16H20N6O4S/c1-8(2)18-10-7-11(26-14(24)12(10)25-4)13(23)20-16-22-21-15(27-16)19-9(3)5-6-17/h5-8,18H,17H2,1-4H3,(H,20,22,23)/b6-5-,19-9+. The zero-order valence-electron chi connectivity index (χ0n) is 15.3. The predicted molar refractivity (Wildman–Crippen MR) is 104 cm³/mol. The highest BCUT2D eigenvalue weighted by Gasteiger charge is 2.19. The molecule has 2 heterocycles. The van der Waals surface area contributed by atoms with Crippen molar-refractivity contribution < 1.29 is 13.9 Å². The number of ether oxygens (including phenoxy) is 1. The van der Waals surface area contributed by atoms with Crippen molar-refractivity contribution in [2.24, 2.45) is 10.7 Å². The summed E-state index contributed by atoms with van der Waals surface area (Å²) in [5.41, 5.74) is 5.53. The Morgan fingerprint density at radius 1 is 1.44 bits per heavy atom. The van der Waals surface area contributed by atoms with Crippen molar-refractivity contribution in [2.75, 3.05) is 17.7 Å². The number of carbonyl (C=O) groups excluding carboxylic acids is 1. The summed E-state index contributed by atoms with van der Waals surface area (Å²) in [5.74, 6) is -0.838. The van der Waals surface area contributed by atoms with E-state index in [0.29, 0.717) is 16.5 Å². The number of nitrogens with zero attached hydrogens (tertiary/aromatic N) is 3. The van der Waals surface area contributed by atoms with E-state index >= 15 is 0 Å². The van der Waals surface area contributed by atoms with Gasteiger partial charge in [-0.3, -0.25) is 10.1 Å². The van der Waals surface area contributed by atoms with E-state index < -0.39 is 11.5 Å². The van der Waals surface area contributed by atoms with Crippen LogP contribution in [-0.2, 0) is 0 Å². The van der Waals surface area contributed by atoms with Crippen LogP contribution in [0.5, 0.6) is 5.75 Å². The van der Waals surface area contributed by atoms with E-state index in [4.69, 9.17) is 14.9 Å². The molecule has 0 bridgehead atoms. The van der Waals surface area contributed by atoms with Crippen LogP contribution in [-0.4, -0.2) is 35.0 Å². The van der Waals surface area contributed by atoms with Gasteiger partial charge in [-0.1, -0.05) is 11.3 Å². The number of hydrogen-bond acceptors (Lipinski definition) is 10. The number of amides is 1. The van der Waals surface area contributed by atoms with Gasteiger partial charge in [0, 0.05) is 17.8 Å². The molecule has 0 spiro atoms. The lowest BCUT2D eigenvalue weighted by molar-refractivity contribution is 0.0991. The summed E-state index contributed by atoms with van der Waals surface area (Å²) in [5, 5.41) is 13.8. The van der Waals surface area contributed by atoms with Gasteiger partial charge in [0.25, 0.3) is 5.91 Å². The fraction of sp³-hybridized carbons (Fsp3) is 0.312. The molecule has 2 rings (SSSR count). The largest absolute Gasteiger partial charge is 0.488 e. The van der Waals surface area contributed by atoms with Crippen molar-refractivity contribution in [3.8, 4) is 5.75 Å². The third-order valence-corrected chi connectivity index (χ3v) is 3.76. The number of aromatic nitrogens is 2. The van der Waals surface area contributed by atoms with Crippen LogP contribution in [0.1, 0.15) is 31.3 Å². The van der Waals surface area contributed by atoms with Gasteiger partial charge in [-0.25, -0.2) is 9.79 Å². The fourth-order valence-electron chi connectivity index (χ4n) is 2.00. The Labute approximate surface area is 159 Å². The van der Waals surface area contributed by atoms with Crippen LogP contribution in [0.15, 0.2) is 32.5 Å². The van der Waals surface area contributed by atoms with E-state index in [0.717, 1.165) is 11.3 Å². The molecule has 2 aromatic rings. The van der Waals surface area contributed by atoms with Crippen LogP contribution in [0, 0.1) is 0 Å². The minimum absolute atomic E-state index is 0.00350. The average molecular weight is 392 g/mol. The van der Waals surface area contributed by atoms with Crippen LogP contribution in [0.4, 0.5) is 16.0 Å². The zero-order chi connectivity index (χ0) is 20.0. The first-order chi connectivity index (χ1) is 12.8. The number of nitrogens with one attached hydrogen (secondary N) is 2. The fourth-order valence-corrected chi connectivity index (χ4v) is 2.67. The molecule has 10 nitrogen and oxygen atoms in total. The summed E-state index contributed by atoms with van der Waals surface area (Å²) in [6, 6.07) is 1.41. The molecular formula is C16H20N6O4S. The van der Waals surface area contributed by atoms with E-state index in [1.165, 1.54) is 19.4 Å². The van der Waals surface area contributed by atoms with Gasteiger partial charge in [0.1, 0.15) is 0 Å². The topological polar surface area (TPSA) is 145 Å². The summed E-state index contributed by atoms with van der Waals surface area (Å²) in [4.78, 5) is 28.6. The van der Waals surface area contributed by atoms with Gasteiger partial charge < -0.3 is 20.2 Å². The second-order valence-electron chi connectivity index (χ2n) is 5.60. The van der Waals surface area contributed by atoms with Crippen molar-refractivity contribution >= 4 is 38.9 Å². The Kier molecular flexibility index (Phi) is 6.66. The van der Waals surface area contributed by atoms with Gasteiger partial charge in [0.05, 0.1) is 12.8 Å². The van der Waals surface area contributed by atoms with Crippen molar-refractivity contribution in [1.82, 2.24) is 10.2 Å². The van der Waals surface area contributed by atoms with Gasteiger partial charge in [-0.15, -0.1) is 10.2 Å². The molecule has 0 aliphatic carbocycles. The van der Waals surface area contributed by atoms with E-state index in [2.05, 4.69) is 25.8 Å².